The Morgan fingerprint density at radius 3 is 2.80 bits per heavy atom. The zero-order valence-electron chi connectivity index (χ0n) is 10.7. The quantitative estimate of drug-likeness (QED) is 0.492. The van der Waals surface area contributed by atoms with E-state index in [-0.39, 0.29) is 11.7 Å². The van der Waals surface area contributed by atoms with Crippen LogP contribution < -0.4 is 10.6 Å². The number of hydrogen-bond donors (Lipinski definition) is 2. The minimum absolute atomic E-state index is 0.140. The molecule has 0 atom stereocenters. The summed E-state index contributed by atoms with van der Waals surface area (Å²) in [6, 6.07) is 7.32. The highest BCUT2D eigenvalue weighted by Crippen LogP contribution is 2.15. The number of rotatable bonds is 4. The van der Waals surface area contributed by atoms with Gasteiger partial charge in [-0.05, 0) is 37.3 Å². The van der Waals surface area contributed by atoms with Gasteiger partial charge in [0, 0.05) is 22.3 Å². The number of hydrogen-bond acceptors (Lipinski definition) is 4. The van der Waals surface area contributed by atoms with E-state index in [1.165, 1.54) is 0 Å². The molecule has 0 aliphatic heterocycles. The van der Waals surface area contributed by atoms with Gasteiger partial charge in [-0.1, -0.05) is 22.0 Å². The number of thiocarbonyl (C=S) groups is 1. The largest absolute Gasteiger partial charge is 0.463 e. The van der Waals surface area contributed by atoms with Crippen molar-refractivity contribution in [2.45, 2.75) is 6.92 Å². The van der Waals surface area contributed by atoms with Gasteiger partial charge in [0.1, 0.15) is 0 Å². The molecule has 0 fully saturated rings. The van der Waals surface area contributed by atoms with Crippen LogP contribution in [0.2, 0.25) is 0 Å². The van der Waals surface area contributed by atoms with Gasteiger partial charge in [-0.25, -0.2) is 4.79 Å². The lowest BCUT2D eigenvalue weighted by Gasteiger charge is -2.08. The first-order chi connectivity index (χ1) is 9.51. The van der Waals surface area contributed by atoms with Gasteiger partial charge in [0.05, 0.1) is 6.61 Å². The summed E-state index contributed by atoms with van der Waals surface area (Å²) >= 11 is 8.30. The Morgan fingerprint density at radius 1 is 1.40 bits per heavy atom. The van der Waals surface area contributed by atoms with Gasteiger partial charge in [-0.2, -0.15) is 0 Å². The fraction of sp³-hybridized carbons (Fsp3) is 0.154. The van der Waals surface area contributed by atoms with Crippen LogP contribution in [0.3, 0.4) is 0 Å². The van der Waals surface area contributed by atoms with E-state index in [9.17, 15) is 9.59 Å². The van der Waals surface area contributed by atoms with Crippen LogP contribution in [-0.4, -0.2) is 23.6 Å². The van der Waals surface area contributed by atoms with Gasteiger partial charge in [0.15, 0.2) is 5.11 Å². The summed E-state index contributed by atoms with van der Waals surface area (Å²) in [5.74, 6) is -1.08. The van der Waals surface area contributed by atoms with Gasteiger partial charge in [-0.15, -0.1) is 0 Å². The van der Waals surface area contributed by atoms with Crippen molar-refractivity contribution in [1.82, 2.24) is 5.32 Å². The molecule has 2 N–H and O–H groups in total. The molecular formula is C13H13BrN2O3S. The zero-order valence-corrected chi connectivity index (χ0v) is 13.1. The molecule has 1 aromatic rings. The maximum Gasteiger partial charge on any atom is 0.330 e. The number of ether oxygens (including phenoxy) is 1. The Labute approximate surface area is 130 Å². The van der Waals surface area contributed by atoms with Crippen molar-refractivity contribution in [2.24, 2.45) is 0 Å². The molecule has 0 saturated carbocycles. The zero-order chi connectivity index (χ0) is 15.0. The van der Waals surface area contributed by atoms with Crippen LogP contribution in [0.25, 0.3) is 0 Å². The standard InChI is InChI=1S/C13H13BrN2O3S/c1-2-19-12(18)7-6-11(17)16-13(20)15-10-5-3-4-9(14)8-10/h3-8H,2H2,1H3,(H2,15,16,17,20)/b7-6+. The molecule has 1 amide bonds. The Balaban J connectivity index is 2.46. The smallest absolute Gasteiger partial charge is 0.330 e. The Morgan fingerprint density at radius 2 is 2.15 bits per heavy atom. The topological polar surface area (TPSA) is 67.4 Å². The number of carbonyl (C=O) groups is 2. The third-order valence-electron chi connectivity index (χ3n) is 1.98. The average Bonchev–Trinajstić information content (AvgIpc) is 2.36. The summed E-state index contributed by atoms with van der Waals surface area (Å²) in [7, 11) is 0. The van der Waals surface area contributed by atoms with E-state index >= 15 is 0 Å². The van der Waals surface area contributed by atoms with Crippen LogP contribution in [0.4, 0.5) is 5.69 Å². The Bertz CT molecular complexity index is 546. The van der Waals surface area contributed by atoms with Crippen molar-refractivity contribution >= 4 is 50.8 Å². The molecule has 0 bridgehead atoms. The van der Waals surface area contributed by atoms with Crippen LogP contribution in [0.15, 0.2) is 40.9 Å². The number of esters is 1. The molecule has 0 saturated heterocycles. The predicted molar refractivity (Wildman–Crippen MR) is 84.3 cm³/mol. The lowest BCUT2D eigenvalue weighted by atomic mass is 10.3. The van der Waals surface area contributed by atoms with E-state index in [0.29, 0.717) is 0 Å². The number of benzene rings is 1. The summed E-state index contributed by atoms with van der Waals surface area (Å²) in [4.78, 5) is 22.5. The first-order valence-electron chi connectivity index (χ1n) is 5.73. The van der Waals surface area contributed by atoms with Crippen LogP contribution in [0.1, 0.15) is 6.92 Å². The molecular weight excluding hydrogens is 344 g/mol. The summed E-state index contributed by atoms with van der Waals surface area (Å²) in [5, 5.41) is 5.40. The first-order valence-corrected chi connectivity index (χ1v) is 6.93. The fourth-order valence-corrected chi connectivity index (χ4v) is 1.83. The molecule has 0 aliphatic rings. The minimum Gasteiger partial charge on any atom is -0.463 e. The summed E-state index contributed by atoms with van der Waals surface area (Å²) in [5.41, 5.74) is 0.735. The van der Waals surface area contributed by atoms with Gasteiger partial charge < -0.3 is 10.1 Å². The molecule has 20 heavy (non-hydrogen) atoms. The molecule has 0 aliphatic carbocycles. The van der Waals surface area contributed by atoms with Crippen molar-refractivity contribution < 1.29 is 14.3 Å². The van der Waals surface area contributed by atoms with E-state index in [1.807, 2.05) is 18.2 Å². The van der Waals surface area contributed by atoms with Crippen LogP contribution >= 0.6 is 28.1 Å². The van der Waals surface area contributed by atoms with E-state index in [0.717, 1.165) is 22.3 Å². The molecule has 106 valence electrons. The molecule has 7 heteroatoms. The molecule has 0 spiro atoms. The highest BCUT2D eigenvalue weighted by atomic mass is 79.9. The second-order valence-electron chi connectivity index (χ2n) is 3.54. The van der Waals surface area contributed by atoms with Crippen molar-refractivity contribution in [3.05, 3.63) is 40.9 Å². The summed E-state index contributed by atoms with van der Waals surface area (Å²) in [6.45, 7) is 1.94. The lowest BCUT2D eigenvalue weighted by molar-refractivity contribution is -0.137. The summed E-state index contributed by atoms with van der Waals surface area (Å²) in [6.07, 6.45) is 2.10. The predicted octanol–water partition coefficient (Wildman–Crippen LogP) is 2.38. The second kappa shape index (κ2) is 8.44. The number of anilines is 1. The lowest BCUT2D eigenvalue weighted by Crippen LogP contribution is -2.32. The maximum atomic E-state index is 11.5. The molecule has 1 rings (SSSR count). The minimum atomic E-state index is -0.575. The second-order valence-corrected chi connectivity index (χ2v) is 4.86. The highest BCUT2D eigenvalue weighted by molar-refractivity contribution is 9.10. The van der Waals surface area contributed by atoms with Crippen molar-refractivity contribution in [2.75, 3.05) is 11.9 Å². The molecule has 5 nitrogen and oxygen atoms in total. The van der Waals surface area contributed by atoms with Gasteiger partial charge in [0.2, 0.25) is 5.91 Å². The monoisotopic (exact) mass is 356 g/mol. The maximum absolute atomic E-state index is 11.5. The highest BCUT2D eigenvalue weighted by Gasteiger charge is 2.03. The van der Waals surface area contributed by atoms with E-state index < -0.39 is 11.9 Å². The Kier molecular flexibility index (Phi) is 6.89. The van der Waals surface area contributed by atoms with Crippen LogP contribution in [0.5, 0.6) is 0 Å². The molecule has 0 radical (unpaired) electrons. The molecule has 0 aromatic heterocycles. The Hall–Kier alpha value is -1.73. The molecule has 0 unspecified atom stereocenters. The normalized spacial score (nSPS) is 10.1. The van der Waals surface area contributed by atoms with Crippen molar-refractivity contribution in [3.8, 4) is 0 Å². The van der Waals surface area contributed by atoms with Gasteiger partial charge in [0.25, 0.3) is 0 Å². The fourth-order valence-electron chi connectivity index (χ4n) is 1.22. The van der Waals surface area contributed by atoms with Crippen molar-refractivity contribution in [1.29, 1.82) is 0 Å². The molecule has 1 aromatic carbocycles. The van der Waals surface area contributed by atoms with Crippen LogP contribution in [0, 0.1) is 0 Å². The third kappa shape index (κ3) is 6.44. The molecule has 0 heterocycles. The van der Waals surface area contributed by atoms with Crippen molar-refractivity contribution in [3.63, 3.8) is 0 Å². The third-order valence-corrected chi connectivity index (χ3v) is 2.67. The number of halogens is 1. The SMILES string of the molecule is CCOC(=O)/C=C/C(=O)NC(=S)Nc1cccc(Br)c1. The first kappa shape index (κ1) is 16.3. The van der Waals surface area contributed by atoms with Gasteiger partial charge in [-0.3, -0.25) is 10.1 Å². The van der Waals surface area contributed by atoms with Gasteiger partial charge >= 0.3 is 5.97 Å². The number of carbonyl (C=O) groups excluding carboxylic acids is 2. The number of amides is 1. The van der Waals surface area contributed by atoms with E-state index in [2.05, 4.69) is 31.3 Å². The average molecular weight is 357 g/mol. The van der Waals surface area contributed by atoms with E-state index in [4.69, 9.17) is 12.2 Å². The number of nitrogens with one attached hydrogen (secondary N) is 2. The van der Waals surface area contributed by atoms with Crippen LogP contribution in [-0.2, 0) is 14.3 Å². The van der Waals surface area contributed by atoms with E-state index in [1.54, 1.807) is 13.0 Å². The summed E-state index contributed by atoms with van der Waals surface area (Å²) < 4.78 is 5.53.